The van der Waals surface area contributed by atoms with Gasteiger partial charge in [-0.05, 0) is 81.2 Å². The van der Waals surface area contributed by atoms with Gasteiger partial charge in [-0.2, -0.15) is 0 Å². The van der Waals surface area contributed by atoms with Crippen molar-refractivity contribution in [3.63, 3.8) is 0 Å². The van der Waals surface area contributed by atoms with Crippen molar-refractivity contribution in [3.05, 3.63) is 34.4 Å². The molecule has 2 unspecified atom stereocenters. The Hall–Kier alpha value is -0.820. The highest BCUT2D eigenvalue weighted by molar-refractivity contribution is 5.39. The van der Waals surface area contributed by atoms with Crippen molar-refractivity contribution in [1.82, 2.24) is 5.32 Å². The standard InChI is InChI=1S/C17H27N/c1-5-8-18-16-7-6-15(11-16)17-10-13(3)12(2)9-14(17)4/h9-10,15-16,18H,5-8,11H2,1-4H3. The van der Waals surface area contributed by atoms with Crippen LogP contribution in [0.15, 0.2) is 12.1 Å². The largest absolute Gasteiger partial charge is 0.314 e. The summed E-state index contributed by atoms with van der Waals surface area (Å²) in [6, 6.07) is 5.53. The van der Waals surface area contributed by atoms with E-state index >= 15 is 0 Å². The molecule has 1 aromatic rings. The zero-order chi connectivity index (χ0) is 13.1. The molecule has 2 atom stereocenters. The fourth-order valence-corrected chi connectivity index (χ4v) is 3.22. The zero-order valence-corrected chi connectivity index (χ0v) is 12.3. The van der Waals surface area contributed by atoms with Crippen LogP contribution in [0.1, 0.15) is 60.8 Å². The molecule has 0 aromatic heterocycles. The molecule has 1 aliphatic rings. The van der Waals surface area contributed by atoms with Crippen molar-refractivity contribution < 1.29 is 0 Å². The second-order valence-corrected chi connectivity index (χ2v) is 5.95. The first-order chi connectivity index (χ1) is 8.61. The first-order valence-corrected chi connectivity index (χ1v) is 7.43. The van der Waals surface area contributed by atoms with E-state index in [9.17, 15) is 0 Å². The molecule has 18 heavy (non-hydrogen) atoms. The van der Waals surface area contributed by atoms with Crippen molar-refractivity contribution >= 4 is 0 Å². The van der Waals surface area contributed by atoms with Crippen LogP contribution in [0.2, 0.25) is 0 Å². The van der Waals surface area contributed by atoms with E-state index in [1.54, 1.807) is 5.56 Å². The van der Waals surface area contributed by atoms with Crippen LogP contribution in [0.4, 0.5) is 0 Å². The second-order valence-electron chi connectivity index (χ2n) is 5.95. The molecule has 1 saturated carbocycles. The molecule has 2 rings (SSSR count). The van der Waals surface area contributed by atoms with Gasteiger partial charge in [0.25, 0.3) is 0 Å². The summed E-state index contributed by atoms with van der Waals surface area (Å²) in [6.45, 7) is 10.1. The van der Waals surface area contributed by atoms with Crippen LogP contribution in [0, 0.1) is 20.8 Å². The summed E-state index contributed by atoms with van der Waals surface area (Å²) in [5.74, 6) is 0.777. The van der Waals surface area contributed by atoms with E-state index in [2.05, 4.69) is 45.1 Å². The SMILES string of the molecule is CCCNC1CCC(c2cc(C)c(C)cc2C)C1. The first-order valence-electron chi connectivity index (χ1n) is 7.43. The van der Waals surface area contributed by atoms with Crippen LogP contribution in [0.5, 0.6) is 0 Å². The van der Waals surface area contributed by atoms with E-state index in [0.29, 0.717) is 0 Å². The fourth-order valence-electron chi connectivity index (χ4n) is 3.22. The molecule has 0 heterocycles. The molecule has 1 fully saturated rings. The summed E-state index contributed by atoms with van der Waals surface area (Å²) in [7, 11) is 0. The lowest BCUT2D eigenvalue weighted by molar-refractivity contribution is 0.517. The molecule has 0 bridgehead atoms. The molecular formula is C17H27N. The van der Waals surface area contributed by atoms with Gasteiger partial charge < -0.3 is 5.32 Å². The van der Waals surface area contributed by atoms with Crippen molar-refractivity contribution in [2.75, 3.05) is 6.54 Å². The minimum absolute atomic E-state index is 0.746. The third-order valence-corrected chi connectivity index (χ3v) is 4.44. The van der Waals surface area contributed by atoms with Gasteiger partial charge >= 0.3 is 0 Å². The maximum absolute atomic E-state index is 3.68. The number of benzene rings is 1. The third kappa shape index (κ3) is 2.95. The Morgan fingerprint density at radius 1 is 1.06 bits per heavy atom. The molecule has 1 nitrogen and oxygen atoms in total. The third-order valence-electron chi connectivity index (χ3n) is 4.44. The van der Waals surface area contributed by atoms with Crippen LogP contribution in [0.25, 0.3) is 0 Å². The molecular weight excluding hydrogens is 218 g/mol. The predicted molar refractivity (Wildman–Crippen MR) is 79.3 cm³/mol. The molecule has 1 N–H and O–H groups in total. The highest BCUT2D eigenvalue weighted by Gasteiger charge is 2.26. The van der Waals surface area contributed by atoms with E-state index in [4.69, 9.17) is 0 Å². The minimum atomic E-state index is 0.746. The lowest BCUT2D eigenvalue weighted by Gasteiger charge is -2.17. The number of hydrogen-bond donors (Lipinski definition) is 1. The Labute approximate surface area is 112 Å². The summed E-state index contributed by atoms with van der Waals surface area (Å²) in [6.07, 6.45) is 5.26. The van der Waals surface area contributed by atoms with Gasteiger partial charge in [0, 0.05) is 6.04 Å². The Bertz CT molecular complexity index is 408. The average Bonchev–Trinajstić information content (AvgIpc) is 2.79. The van der Waals surface area contributed by atoms with Gasteiger partial charge in [-0.1, -0.05) is 19.1 Å². The average molecular weight is 245 g/mol. The molecule has 1 aliphatic carbocycles. The zero-order valence-electron chi connectivity index (χ0n) is 12.3. The Morgan fingerprint density at radius 2 is 1.78 bits per heavy atom. The monoisotopic (exact) mass is 245 g/mol. The highest BCUT2D eigenvalue weighted by atomic mass is 14.9. The Kier molecular flexibility index (Phi) is 4.45. The van der Waals surface area contributed by atoms with E-state index in [1.807, 2.05) is 0 Å². The molecule has 0 aliphatic heterocycles. The van der Waals surface area contributed by atoms with Gasteiger partial charge in [-0.25, -0.2) is 0 Å². The number of rotatable bonds is 4. The first kappa shape index (κ1) is 13.6. The number of aryl methyl sites for hydroxylation is 3. The van der Waals surface area contributed by atoms with Crippen LogP contribution >= 0.6 is 0 Å². The van der Waals surface area contributed by atoms with E-state index in [0.717, 1.165) is 12.0 Å². The van der Waals surface area contributed by atoms with Gasteiger partial charge in [-0.3, -0.25) is 0 Å². The fraction of sp³-hybridized carbons (Fsp3) is 0.647. The minimum Gasteiger partial charge on any atom is -0.314 e. The molecule has 0 saturated heterocycles. The topological polar surface area (TPSA) is 12.0 Å². The molecule has 1 aromatic carbocycles. The van der Waals surface area contributed by atoms with Gasteiger partial charge in [0.1, 0.15) is 0 Å². The van der Waals surface area contributed by atoms with Crippen LogP contribution in [0.3, 0.4) is 0 Å². The maximum Gasteiger partial charge on any atom is 0.00731 e. The van der Waals surface area contributed by atoms with Crippen LogP contribution < -0.4 is 5.32 Å². The van der Waals surface area contributed by atoms with E-state index in [1.165, 1.54) is 48.9 Å². The molecule has 0 radical (unpaired) electrons. The summed E-state index contributed by atoms with van der Waals surface area (Å²) in [5.41, 5.74) is 5.95. The smallest absolute Gasteiger partial charge is 0.00731 e. The molecule has 0 amide bonds. The van der Waals surface area contributed by atoms with Gasteiger partial charge in [0.05, 0.1) is 0 Å². The van der Waals surface area contributed by atoms with Gasteiger partial charge in [-0.15, -0.1) is 0 Å². The summed E-state index contributed by atoms with van der Waals surface area (Å²) < 4.78 is 0. The van der Waals surface area contributed by atoms with Gasteiger partial charge in [0.2, 0.25) is 0 Å². The summed E-state index contributed by atoms with van der Waals surface area (Å²) in [5, 5.41) is 3.68. The second kappa shape index (κ2) is 5.88. The van der Waals surface area contributed by atoms with Crippen molar-refractivity contribution in [3.8, 4) is 0 Å². The van der Waals surface area contributed by atoms with Gasteiger partial charge in [0.15, 0.2) is 0 Å². The lowest BCUT2D eigenvalue weighted by atomic mass is 9.90. The predicted octanol–water partition coefficient (Wildman–Crippen LogP) is 4.25. The van der Waals surface area contributed by atoms with Crippen LogP contribution in [-0.2, 0) is 0 Å². The van der Waals surface area contributed by atoms with Crippen molar-refractivity contribution in [2.24, 2.45) is 0 Å². The summed E-state index contributed by atoms with van der Waals surface area (Å²) >= 11 is 0. The molecule has 1 heteroatoms. The van der Waals surface area contributed by atoms with Crippen molar-refractivity contribution in [2.45, 2.75) is 65.3 Å². The lowest BCUT2D eigenvalue weighted by Crippen LogP contribution is -2.26. The number of hydrogen-bond acceptors (Lipinski definition) is 1. The number of nitrogens with one attached hydrogen (secondary N) is 1. The van der Waals surface area contributed by atoms with E-state index in [-0.39, 0.29) is 0 Å². The van der Waals surface area contributed by atoms with E-state index < -0.39 is 0 Å². The Morgan fingerprint density at radius 3 is 2.50 bits per heavy atom. The Balaban J connectivity index is 2.07. The highest BCUT2D eigenvalue weighted by Crippen LogP contribution is 2.36. The normalized spacial score (nSPS) is 23.6. The molecule has 0 spiro atoms. The quantitative estimate of drug-likeness (QED) is 0.836. The van der Waals surface area contributed by atoms with Crippen LogP contribution in [-0.4, -0.2) is 12.6 Å². The van der Waals surface area contributed by atoms with Crippen molar-refractivity contribution in [1.29, 1.82) is 0 Å². The summed E-state index contributed by atoms with van der Waals surface area (Å²) in [4.78, 5) is 0. The molecule has 100 valence electrons. The maximum atomic E-state index is 3.68.